The van der Waals surface area contributed by atoms with Gasteiger partial charge in [-0.25, -0.2) is 4.39 Å². The van der Waals surface area contributed by atoms with Crippen LogP contribution in [0.5, 0.6) is 0 Å². The molecule has 11 heavy (non-hydrogen) atoms. The van der Waals surface area contributed by atoms with Crippen LogP contribution in [0, 0.1) is 0 Å². The summed E-state index contributed by atoms with van der Waals surface area (Å²) >= 11 is 0. The molecular formula is C9H12FN. The standard InChI is InChI=1S/C9H12FN/c10-7-2-3-8-6(5-7)1-4-9(8)11/h2-3,7,9H,1,4-5,11H2. The average molecular weight is 153 g/mol. The molecule has 0 spiro atoms. The Bertz CT molecular complexity index is 230. The first kappa shape index (κ1) is 7.04. The molecule has 1 nitrogen and oxygen atoms in total. The molecule has 0 saturated heterocycles. The second-order valence-corrected chi connectivity index (χ2v) is 3.28. The largest absolute Gasteiger partial charge is 0.324 e. The van der Waals surface area contributed by atoms with Crippen LogP contribution >= 0.6 is 0 Å². The first-order valence-corrected chi connectivity index (χ1v) is 4.07. The number of nitrogens with two attached hydrogens (primary N) is 1. The molecule has 0 aromatic rings. The molecule has 2 aliphatic rings. The quantitative estimate of drug-likeness (QED) is 0.563. The third kappa shape index (κ3) is 1.11. The van der Waals surface area contributed by atoms with Crippen molar-refractivity contribution in [2.75, 3.05) is 0 Å². The second kappa shape index (κ2) is 2.45. The van der Waals surface area contributed by atoms with Crippen LogP contribution in [0.4, 0.5) is 4.39 Å². The number of hydrogen-bond donors (Lipinski definition) is 1. The molecule has 0 fully saturated rings. The number of alkyl halides is 1. The Morgan fingerprint density at radius 1 is 1.55 bits per heavy atom. The van der Waals surface area contributed by atoms with Crippen LogP contribution in [0.15, 0.2) is 23.3 Å². The lowest BCUT2D eigenvalue weighted by atomic mass is 9.98. The first-order valence-electron chi connectivity index (χ1n) is 4.07. The van der Waals surface area contributed by atoms with E-state index in [4.69, 9.17) is 5.73 Å². The van der Waals surface area contributed by atoms with E-state index >= 15 is 0 Å². The minimum absolute atomic E-state index is 0.175. The molecule has 0 bridgehead atoms. The van der Waals surface area contributed by atoms with Gasteiger partial charge in [0.2, 0.25) is 0 Å². The van der Waals surface area contributed by atoms with Crippen molar-refractivity contribution in [2.45, 2.75) is 31.5 Å². The number of allylic oxidation sites excluding steroid dienone is 2. The van der Waals surface area contributed by atoms with Gasteiger partial charge in [0.1, 0.15) is 6.17 Å². The van der Waals surface area contributed by atoms with E-state index in [1.807, 2.05) is 6.08 Å². The minimum Gasteiger partial charge on any atom is -0.324 e. The van der Waals surface area contributed by atoms with Crippen LogP contribution in [-0.2, 0) is 0 Å². The molecule has 0 heterocycles. The Morgan fingerprint density at radius 2 is 2.36 bits per heavy atom. The Balaban J connectivity index is 2.25. The van der Waals surface area contributed by atoms with Crippen LogP contribution in [0.3, 0.4) is 0 Å². The molecule has 0 radical (unpaired) electrons. The second-order valence-electron chi connectivity index (χ2n) is 3.28. The van der Waals surface area contributed by atoms with E-state index in [1.54, 1.807) is 6.08 Å². The van der Waals surface area contributed by atoms with E-state index < -0.39 is 6.17 Å². The van der Waals surface area contributed by atoms with Gasteiger partial charge in [0.05, 0.1) is 0 Å². The fourth-order valence-corrected chi connectivity index (χ4v) is 1.86. The SMILES string of the molecule is NC1CCC2=C1C=CC(F)C2. The van der Waals surface area contributed by atoms with E-state index in [-0.39, 0.29) is 6.04 Å². The summed E-state index contributed by atoms with van der Waals surface area (Å²) in [5, 5.41) is 0. The lowest BCUT2D eigenvalue weighted by Gasteiger charge is -2.13. The molecule has 0 aromatic heterocycles. The van der Waals surface area contributed by atoms with Crippen LogP contribution in [-0.4, -0.2) is 12.2 Å². The highest BCUT2D eigenvalue weighted by Gasteiger charge is 2.24. The molecule has 60 valence electrons. The first-order chi connectivity index (χ1) is 5.27. The molecule has 0 aromatic carbocycles. The van der Waals surface area contributed by atoms with E-state index in [0.29, 0.717) is 6.42 Å². The van der Waals surface area contributed by atoms with Crippen molar-refractivity contribution in [2.24, 2.45) is 5.73 Å². The summed E-state index contributed by atoms with van der Waals surface area (Å²) in [7, 11) is 0. The summed E-state index contributed by atoms with van der Waals surface area (Å²) in [4.78, 5) is 0. The normalized spacial score (nSPS) is 36.2. The molecule has 2 atom stereocenters. The smallest absolute Gasteiger partial charge is 0.122 e. The van der Waals surface area contributed by atoms with Gasteiger partial charge in [0, 0.05) is 12.5 Å². The number of rotatable bonds is 0. The Hall–Kier alpha value is -0.630. The fourth-order valence-electron chi connectivity index (χ4n) is 1.86. The van der Waals surface area contributed by atoms with Crippen molar-refractivity contribution in [3.8, 4) is 0 Å². The third-order valence-electron chi connectivity index (χ3n) is 2.49. The van der Waals surface area contributed by atoms with Crippen LogP contribution in [0.2, 0.25) is 0 Å². The maximum Gasteiger partial charge on any atom is 0.122 e. The minimum atomic E-state index is -0.765. The van der Waals surface area contributed by atoms with Gasteiger partial charge < -0.3 is 5.73 Å². The van der Waals surface area contributed by atoms with Crippen LogP contribution in [0.25, 0.3) is 0 Å². The molecule has 2 aliphatic carbocycles. The fraction of sp³-hybridized carbons (Fsp3) is 0.556. The maximum absolute atomic E-state index is 12.8. The summed E-state index contributed by atoms with van der Waals surface area (Å²) < 4.78 is 12.8. The molecule has 2 rings (SSSR count). The predicted octanol–water partition coefficient (Wildman–Crippen LogP) is 1.70. The van der Waals surface area contributed by atoms with Gasteiger partial charge in [-0.15, -0.1) is 0 Å². The predicted molar refractivity (Wildman–Crippen MR) is 42.9 cm³/mol. The summed E-state index contributed by atoms with van der Waals surface area (Å²) in [6.45, 7) is 0. The van der Waals surface area contributed by atoms with Gasteiger partial charge in [-0.3, -0.25) is 0 Å². The summed E-state index contributed by atoms with van der Waals surface area (Å²) in [5.74, 6) is 0. The van der Waals surface area contributed by atoms with Crippen molar-refractivity contribution >= 4 is 0 Å². The molecule has 0 aliphatic heterocycles. The zero-order chi connectivity index (χ0) is 7.84. The highest BCUT2D eigenvalue weighted by Crippen LogP contribution is 2.33. The van der Waals surface area contributed by atoms with E-state index in [2.05, 4.69) is 0 Å². The molecule has 2 N–H and O–H groups in total. The molecule has 2 unspecified atom stereocenters. The Morgan fingerprint density at radius 3 is 3.18 bits per heavy atom. The lowest BCUT2D eigenvalue weighted by molar-refractivity contribution is 0.392. The van der Waals surface area contributed by atoms with Crippen molar-refractivity contribution in [3.63, 3.8) is 0 Å². The lowest BCUT2D eigenvalue weighted by Crippen LogP contribution is -2.18. The van der Waals surface area contributed by atoms with E-state index in [1.165, 1.54) is 11.1 Å². The Labute approximate surface area is 65.8 Å². The number of halogens is 1. The average Bonchev–Trinajstić information content (AvgIpc) is 2.32. The highest BCUT2D eigenvalue weighted by molar-refractivity contribution is 5.38. The highest BCUT2D eigenvalue weighted by atomic mass is 19.1. The van der Waals surface area contributed by atoms with Crippen LogP contribution in [0.1, 0.15) is 19.3 Å². The molecular weight excluding hydrogens is 141 g/mol. The monoisotopic (exact) mass is 153 g/mol. The van der Waals surface area contributed by atoms with Crippen molar-refractivity contribution in [1.82, 2.24) is 0 Å². The zero-order valence-electron chi connectivity index (χ0n) is 6.39. The topological polar surface area (TPSA) is 26.0 Å². The van der Waals surface area contributed by atoms with Gasteiger partial charge in [0.15, 0.2) is 0 Å². The summed E-state index contributed by atoms with van der Waals surface area (Å²) in [5.41, 5.74) is 8.24. The van der Waals surface area contributed by atoms with E-state index in [9.17, 15) is 4.39 Å². The van der Waals surface area contributed by atoms with Gasteiger partial charge >= 0.3 is 0 Å². The van der Waals surface area contributed by atoms with Gasteiger partial charge in [-0.2, -0.15) is 0 Å². The van der Waals surface area contributed by atoms with E-state index in [0.717, 1.165) is 12.8 Å². The molecule has 0 saturated carbocycles. The third-order valence-corrected chi connectivity index (χ3v) is 2.49. The molecule has 2 heteroatoms. The van der Waals surface area contributed by atoms with Gasteiger partial charge in [-0.1, -0.05) is 17.7 Å². The Kier molecular flexibility index (Phi) is 1.57. The van der Waals surface area contributed by atoms with Crippen LogP contribution < -0.4 is 5.73 Å². The maximum atomic E-state index is 12.8. The summed E-state index contributed by atoms with van der Waals surface area (Å²) in [6, 6.07) is 0.175. The van der Waals surface area contributed by atoms with Crippen molar-refractivity contribution in [3.05, 3.63) is 23.3 Å². The summed E-state index contributed by atoms with van der Waals surface area (Å²) in [6.07, 6.45) is 5.30. The van der Waals surface area contributed by atoms with Crippen molar-refractivity contribution < 1.29 is 4.39 Å². The zero-order valence-corrected chi connectivity index (χ0v) is 6.39. The molecule has 0 amide bonds. The van der Waals surface area contributed by atoms with Crippen molar-refractivity contribution in [1.29, 1.82) is 0 Å². The number of hydrogen-bond acceptors (Lipinski definition) is 1. The van der Waals surface area contributed by atoms with Gasteiger partial charge in [-0.05, 0) is 18.4 Å². The van der Waals surface area contributed by atoms with Gasteiger partial charge in [0.25, 0.3) is 0 Å².